The van der Waals surface area contributed by atoms with E-state index in [1.807, 2.05) is 29.4 Å². The average molecular weight is 477 g/mol. The van der Waals surface area contributed by atoms with Crippen LogP contribution in [-0.4, -0.2) is 52.4 Å². The molecule has 5 nitrogen and oxygen atoms in total. The Morgan fingerprint density at radius 1 is 0.972 bits per heavy atom. The minimum atomic E-state index is 0.145. The van der Waals surface area contributed by atoms with E-state index in [-0.39, 0.29) is 5.91 Å². The molecule has 2 aromatic heterocycles. The number of pyridine rings is 1. The summed E-state index contributed by atoms with van der Waals surface area (Å²) in [6.07, 6.45) is 10.0. The van der Waals surface area contributed by atoms with Crippen molar-refractivity contribution in [3.8, 4) is 22.3 Å². The Morgan fingerprint density at radius 3 is 2.61 bits per heavy atom. The number of likely N-dealkylation sites (tertiary alicyclic amines) is 1. The van der Waals surface area contributed by atoms with E-state index in [0.717, 1.165) is 60.2 Å². The highest BCUT2D eigenvalue weighted by Crippen LogP contribution is 2.41. The van der Waals surface area contributed by atoms with Gasteiger partial charge in [0.2, 0.25) is 0 Å². The fourth-order valence-electron chi connectivity index (χ4n) is 6.70. The van der Waals surface area contributed by atoms with Crippen LogP contribution in [0, 0.1) is 0 Å². The molecular formula is C31H32N4O. The van der Waals surface area contributed by atoms with Gasteiger partial charge < -0.3 is 14.8 Å². The first kappa shape index (κ1) is 21.8. The van der Waals surface area contributed by atoms with Crippen LogP contribution in [0.4, 0.5) is 0 Å². The van der Waals surface area contributed by atoms with E-state index in [0.29, 0.717) is 5.92 Å². The third-order valence-electron chi connectivity index (χ3n) is 8.43. The molecule has 1 saturated heterocycles. The van der Waals surface area contributed by atoms with Crippen LogP contribution in [0.15, 0.2) is 54.9 Å². The monoisotopic (exact) mass is 476 g/mol. The minimum absolute atomic E-state index is 0.145. The van der Waals surface area contributed by atoms with Gasteiger partial charge in [0.05, 0.1) is 0 Å². The SMILES string of the molecule is CN1Cc2cc(-c3cnc4[nH]cc(-c5ccc(C(=O)N6CCCC6)cc5)c4c3)cc3c2C(CCC3)C1. The van der Waals surface area contributed by atoms with Gasteiger partial charge in [-0.25, -0.2) is 4.98 Å². The Labute approximate surface area is 212 Å². The van der Waals surface area contributed by atoms with E-state index in [1.54, 1.807) is 11.1 Å². The molecule has 0 spiro atoms. The fraction of sp³-hybridized carbons (Fsp3) is 0.355. The summed E-state index contributed by atoms with van der Waals surface area (Å²) < 4.78 is 0. The number of likely N-dealkylation sites (N-methyl/N-ethyl adjacent to an activating group) is 1. The van der Waals surface area contributed by atoms with Crippen LogP contribution in [0.1, 0.15) is 58.6 Å². The van der Waals surface area contributed by atoms with Gasteiger partial charge in [-0.1, -0.05) is 18.2 Å². The zero-order chi connectivity index (χ0) is 24.2. The molecule has 1 aliphatic carbocycles. The predicted octanol–water partition coefficient (Wildman–Crippen LogP) is 6.00. The lowest BCUT2D eigenvalue weighted by molar-refractivity contribution is 0.0793. The number of carbonyl (C=O) groups excluding carboxylic acids is 1. The quantitative estimate of drug-likeness (QED) is 0.395. The van der Waals surface area contributed by atoms with E-state index in [9.17, 15) is 4.79 Å². The van der Waals surface area contributed by atoms with Gasteiger partial charge in [0.1, 0.15) is 5.65 Å². The first-order valence-corrected chi connectivity index (χ1v) is 13.4. The van der Waals surface area contributed by atoms with Crippen LogP contribution in [0.2, 0.25) is 0 Å². The number of hydrogen-bond donors (Lipinski definition) is 1. The lowest BCUT2D eigenvalue weighted by Gasteiger charge is -2.37. The predicted molar refractivity (Wildman–Crippen MR) is 144 cm³/mol. The minimum Gasteiger partial charge on any atom is -0.346 e. The number of aryl methyl sites for hydroxylation is 1. The van der Waals surface area contributed by atoms with Crippen molar-refractivity contribution in [1.29, 1.82) is 0 Å². The van der Waals surface area contributed by atoms with Gasteiger partial charge in [0, 0.05) is 60.6 Å². The molecule has 4 aromatic rings. The first-order chi connectivity index (χ1) is 17.6. The summed E-state index contributed by atoms with van der Waals surface area (Å²) >= 11 is 0. The molecule has 2 aromatic carbocycles. The Hall–Kier alpha value is -3.44. The summed E-state index contributed by atoms with van der Waals surface area (Å²) in [5.41, 5.74) is 11.0. The van der Waals surface area contributed by atoms with Crippen molar-refractivity contribution in [2.45, 2.75) is 44.6 Å². The maximum absolute atomic E-state index is 12.8. The molecule has 0 bridgehead atoms. The molecule has 0 radical (unpaired) electrons. The van der Waals surface area contributed by atoms with Gasteiger partial charge in [-0.2, -0.15) is 0 Å². The molecule has 1 N–H and O–H groups in total. The van der Waals surface area contributed by atoms with E-state index in [2.05, 4.69) is 47.3 Å². The number of fused-ring (bicyclic) bond motifs is 1. The fourth-order valence-corrected chi connectivity index (χ4v) is 6.70. The maximum Gasteiger partial charge on any atom is 0.253 e. The molecule has 1 amide bonds. The number of nitrogens with one attached hydrogen (secondary N) is 1. The number of carbonyl (C=O) groups is 1. The molecule has 3 aliphatic rings. The number of H-pyrrole nitrogens is 1. The second-order valence-corrected chi connectivity index (χ2v) is 10.9. The third kappa shape index (κ3) is 3.65. The van der Waals surface area contributed by atoms with Crippen molar-refractivity contribution < 1.29 is 4.79 Å². The Kier molecular flexibility index (Phi) is 5.21. The number of aromatic nitrogens is 2. The normalized spacial score (nSPS) is 19.6. The third-order valence-corrected chi connectivity index (χ3v) is 8.43. The highest BCUT2D eigenvalue weighted by Gasteiger charge is 2.29. The summed E-state index contributed by atoms with van der Waals surface area (Å²) in [5.74, 6) is 0.833. The van der Waals surface area contributed by atoms with E-state index in [1.165, 1.54) is 42.5 Å². The largest absolute Gasteiger partial charge is 0.346 e. The number of hydrogen-bond acceptors (Lipinski definition) is 3. The first-order valence-electron chi connectivity index (χ1n) is 13.4. The van der Waals surface area contributed by atoms with Gasteiger partial charge in [-0.05, 0) is 97.2 Å². The van der Waals surface area contributed by atoms with Crippen molar-refractivity contribution >= 4 is 16.9 Å². The van der Waals surface area contributed by atoms with Crippen molar-refractivity contribution in [3.63, 3.8) is 0 Å². The zero-order valence-electron chi connectivity index (χ0n) is 20.9. The molecule has 182 valence electrons. The molecule has 7 rings (SSSR count). The van der Waals surface area contributed by atoms with Gasteiger partial charge in [-0.3, -0.25) is 4.79 Å². The van der Waals surface area contributed by atoms with Gasteiger partial charge in [0.15, 0.2) is 0 Å². The Balaban J connectivity index is 1.25. The van der Waals surface area contributed by atoms with Gasteiger partial charge >= 0.3 is 0 Å². The number of benzene rings is 2. The van der Waals surface area contributed by atoms with Crippen molar-refractivity contribution in [1.82, 2.24) is 19.8 Å². The van der Waals surface area contributed by atoms with Crippen LogP contribution < -0.4 is 0 Å². The summed E-state index contributed by atoms with van der Waals surface area (Å²) in [7, 11) is 2.24. The van der Waals surface area contributed by atoms with E-state index >= 15 is 0 Å². The van der Waals surface area contributed by atoms with E-state index in [4.69, 9.17) is 4.98 Å². The number of rotatable bonds is 3. The highest BCUT2D eigenvalue weighted by molar-refractivity contribution is 5.98. The summed E-state index contributed by atoms with van der Waals surface area (Å²) in [6, 6.07) is 15.2. The van der Waals surface area contributed by atoms with Crippen LogP contribution in [-0.2, 0) is 13.0 Å². The molecule has 36 heavy (non-hydrogen) atoms. The number of nitrogens with zero attached hydrogens (tertiary/aromatic N) is 3. The van der Waals surface area contributed by atoms with Crippen LogP contribution >= 0.6 is 0 Å². The number of aromatic amines is 1. The second kappa shape index (κ2) is 8.59. The molecule has 1 unspecified atom stereocenters. The van der Waals surface area contributed by atoms with Gasteiger partial charge in [-0.15, -0.1) is 0 Å². The van der Waals surface area contributed by atoms with Crippen LogP contribution in [0.25, 0.3) is 33.3 Å². The molecule has 1 fully saturated rings. The van der Waals surface area contributed by atoms with Crippen molar-refractivity contribution in [2.24, 2.45) is 0 Å². The number of amides is 1. The topological polar surface area (TPSA) is 52.2 Å². The second-order valence-electron chi connectivity index (χ2n) is 10.9. The molecule has 5 heteroatoms. The van der Waals surface area contributed by atoms with Crippen molar-refractivity contribution in [2.75, 3.05) is 26.7 Å². The molecule has 4 heterocycles. The lowest BCUT2D eigenvalue weighted by atomic mass is 9.76. The smallest absolute Gasteiger partial charge is 0.253 e. The highest BCUT2D eigenvalue weighted by atomic mass is 16.2. The van der Waals surface area contributed by atoms with Crippen LogP contribution in [0.3, 0.4) is 0 Å². The maximum atomic E-state index is 12.8. The Bertz CT molecular complexity index is 1460. The van der Waals surface area contributed by atoms with E-state index < -0.39 is 0 Å². The standard InChI is InChI=1S/C31H32N4O/c1-34-18-23-6-4-5-22-13-24(14-26(19-34)29(22)23)25-15-27-28(17-33-30(27)32-16-25)20-7-9-21(10-8-20)31(36)35-11-2-3-12-35/h7-10,13-17,23H,2-6,11-12,18-19H2,1H3,(H,32,33). The molecule has 1 atom stereocenters. The van der Waals surface area contributed by atoms with Crippen molar-refractivity contribution in [3.05, 3.63) is 77.1 Å². The zero-order valence-corrected chi connectivity index (χ0v) is 20.9. The molecule has 0 saturated carbocycles. The molecule has 2 aliphatic heterocycles. The summed E-state index contributed by atoms with van der Waals surface area (Å²) in [6.45, 7) is 3.96. The summed E-state index contributed by atoms with van der Waals surface area (Å²) in [5, 5.41) is 1.12. The average Bonchev–Trinajstić information content (AvgIpc) is 3.58. The summed E-state index contributed by atoms with van der Waals surface area (Å²) in [4.78, 5) is 25.3. The van der Waals surface area contributed by atoms with Crippen LogP contribution in [0.5, 0.6) is 0 Å². The van der Waals surface area contributed by atoms with Gasteiger partial charge in [0.25, 0.3) is 5.91 Å². The molecular weight excluding hydrogens is 444 g/mol. The lowest BCUT2D eigenvalue weighted by Crippen LogP contribution is -2.33. The Morgan fingerprint density at radius 2 is 1.78 bits per heavy atom.